The minimum atomic E-state index is -1.08. The minimum Gasteiger partial charge on any atom is -0.504 e. The van der Waals surface area contributed by atoms with Crippen molar-refractivity contribution in [3.05, 3.63) is 47.2 Å². The maximum Gasteiger partial charge on any atom is 0.310 e. The summed E-state index contributed by atoms with van der Waals surface area (Å²) in [7, 11) is 2.06. The Bertz CT molecular complexity index is 1140. The Morgan fingerprint density at radius 1 is 1.05 bits per heavy atom. The highest BCUT2D eigenvalue weighted by Crippen LogP contribution is 2.70. The number of rotatable bonds is 16. The third-order valence-electron chi connectivity index (χ3n) is 10.5. The zero-order chi connectivity index (χ0) is 29.0. The summed E-state index contributed by atoms with van der Waals surface area (Å²) in [5.74, 6) is 0.773. The molecule has 1 fully saturated rings. The molecule has 4 aliphatic rings. The number of unbranched alkanes of at least 4 members (excludes halogenated alkanes) is 11. The molecule has 5 atom stereocenters. The lowest BCUT2D eigenvalue weighted by Gasteiger charge is -2.57. The number of hydrogen-bond donors (Lipinski definition) is 2. The average molecular weight is 566 g/mol. The monoisotopic (exact) mass is 565 g/mol. The zero-order valence-corrected chi connectivity index (χ0v) is 25.5. The number of piperidine rings is 1. The van der Waals surface area contributed by atoms with Crippen molar-refractivity contribution in [3.63, 3.8) is 0 Å². The van der Waals surface area contributed by atoms with Gasteiger partial charge >= 0.3 is 5.97 Å². The molecule has 0 radical (unpaired) electrons. The van der Waals surface area contributed by atoms with Crippen molar-refractivity contribution in [3.8, 4) is 11.5 Å². The molecule has 41 heavy (non-hydrogen) atoms. The molecule has 5 rings (SSSR count). The fourth-order valence-corrected chi connectivity index (χ4v) is 8.02. The van der Waals surface area contributed by atoms with Gasteiger partial charge in [-0.05, 0) is 70.2 Å². The number of nitrogens with zero attached hydrogens (tertiary/aromatic N) is 1. The van der Waals surface area contributed by atoms with Crippen LogP contribution < -0.4 is 4.74 Å². The topological polar surface area (TPSA) is 79.2 Å². The second-order valence-corrected chi connectivity index (χ2v) is 13.0. The maximum atomic E-state index is 12.9. The van der Waals surface area contributed by atoms with Gasteiger partial charge in [-0.3, -0.25) is 9.69 Å². The molecule has 2 heterocycles. The van der Waals surface area contributed by atoms with Crippen LogP contribution in [0.5, 0.6) is 11.5 Å². The molecule has 2 aliphatic heterocycles. The first-order valence-corrected chi connectivity index (χ1v) is 16.4. The van der Waals surface area contributed by atoms with Gasteiger partial charge in [-0.1, -0.05) is 76.5 Å². The van der Waals surface area contributed by atoms with E-state index in [1.54, 1.807) is 6.07 Å². The van der Waals surface area contributed by atoms with Crippen molar-refractivity contribution in [2.75, 3.05) is 7.05 Å². The lowest BCUT2D eigenvalue weighted by molar-refractivity contribution is -0.166. The van der Waals surface area contributed by atoms with Gasteiger partial charge in [0, 0.05) is 30.5 Å². The number of esters is 1. The van der Waals surface area contributed by atoms with Crippen LogP contribution in [0.1, 0.15) is 134 Å². The highest BCUT2D eigenvalue weighted by Gasteiger charge is 2.74. The number of carbonyl (C=O) groups is 1. The Morgan fingerprint density at radius 3 is 2.41 bits per heavy atom. The van der Waals surface area contributed by atoms with Crippen LogP contribution in [0, 0.1) is 0 Å². The van der Waals surface area contributed by atoms with E-state index in [4.69, 9.17) is 9.47 Å². The summed E-state index contributed by atoms with van der Waals surface area (Å²) in [4.78, 5) is 15.1. The number of likely N-dealkylation sites (N-methyl/N-ethyl adjacent to an activating group) is 1. The summed E-state index contributed by atoms with van der Waals surface area (Å²) in [5, 5.41) is 22.8. The van der Waals surface area contributed by atoms with E-state index in [-0.39, 0.29) is 23.8 Å². The molecule has 0 aromatic heterocycles. The van der Waals surface area contributed by atoms with E-state index in [2.05, 4.69) is 37.9 Å². The molecule has 2 N–H and O–H groups in total. The van der Waals surface area contributed by atoms with Gasteiger partial charge in [0.25, 0.3) is 0 Å². The van der Waals surface area contributed by atoms with E-state index in [0.717, 1.165) is 36.8 Å². The number of hydrogen-bond acceptors (Lipinski definition) is 6. The van der Waals surface area contributed by atoms with Gasteiger partial charge in [0.05, 0.1) is 11.0 Å². The first kappa shape index (κ1) is 30.2. The Morgan fingerprint density at radius 2 is 1.71 bits per heavy atom. The number of allylic oxidation sites excluding steroid dienone is 2. The van der Waals surface area contributed by atoms with Crippen LogP contribution in [-0.4, -0.2) is 45.9 Å². The van der Waals surface area contributed by atoms with Gasteiger partial charge in [0.2, 0.25) is 0 Å². The summed E-state index contributed by atoms with van der Waals surface area (Å²) in [6, 6.07) is 3.67. The van der Waals surface area contributed by atoms with Gasteiger partial charge in [0.15, 0.2) is 17.6 Å². The van der Waals surface area contributed by atoms with Crippen LogP contribution in [-0.2, 0) is 14.9 Å². The molecular weight excluding hydrogens is 514 g/mol. The van der Waals surface area contributed by atoms with Crippen LogP contribution in [0.25, 0.3) is 0 Å². The summed E-state index contributed by atoms with van der Waals surface area (Å²) < 4.78 is 12.3. The standard InChI is InChI=1S/C35H51NO5/c1-4-5-6-7-8-9-10-11-12-13-14-15-16-17-18-19-30(38)40-29-22-23-35(39)25(2)36(3)27-24-34(35)31-26(27)20-21-28(37)32(31)41-33(29)34/h11-12,20-22,25,27,33,37,39H,4-10,13-19,23-24H2,1-3H3/b12-11-/t25-,27?,33+,34+,35-/m1/s1. The smallest absolute Gasteiger partial charge is 0.310 e. The molecule has 2 bridgehead atoms. The number of carbonyl (C=O) groups excluding carboxylic acids is 1. The van der Waals surface area contributed by atoms with Crippen LogP contribution in [0.4, 0.5) is 0 Å². The molecule has 1 spiro atoms. The molecule has 0 saturated carbocycles. The van der Waals surface area contributed by atoms with Gasteiger partial charge in [-0.2, -0.15) is 0 Å². The molecule has 2 aliphatic carbocycles. The molecule has 6 nitrogen and oxygen atoms in total. The highest BCUT2D eigenvalue weighted by molar-refractivity contribution is 5.72. The quantitative estimate of drug-likeness (QED) is 0.121. The van der Waals surface area contributed by atoms with Crippen molar-refractivity contribution >= 4 is 5.97 Å². The van der Waals surface area contributed by atoms with Gasteiger partial charge in [-0.15, -0.1) is 0 Å². The fraction of sp³-hybridized carbons (Fsp3) is 0.686. The van der Waals surface area contributed by atoms with E-state index in [1.807, 2.05) is 12.1 Å². The molecular formula is C35H51NO5. The maximum absolute atomic E-state index is 12.9. The van der Waals surface area contributed by atoms with Crippen LogP contribution in [0.3, 0.4) is 0 Å². The Labute approximate surface area is 246 Å². The second kappa shape index (κ2) is 12.9. The summed E-state index contributed by atoms with van der Waals surface area (Å²) in [6.07, 6.45) is 23.2. The van der Waals surface area contributed by atoms with Crippen LogP contribution in [0.2, 0.25) is 0 Å². The Kier molecular flexibility index (Phi) is 9.50. The number of aromatic hydroxyl groups is 1. The molecule has 226 valence electrons. The summed E-state index contributed by atoms with van der Waals surface area (Å²) in [5.41, 5.74) is 0.212. The average Bonchev–Trinajstić information content (AvgIpc) is 3.48. The van der Waals surface area contributed by atoms with Crippen molar-refractivity contribution in [2.24, 2.45) is 0 Å². The van der Waals surface area contributed by atoms with E-state index >= 15 is 0 Å². The molecule has 1 unspecified atom stereocenters. The lowest BCUT2D eigenvalue weighted by Crippen LogP contribution is -2.69. The number of likely N-dealkylation sites (tertiary alicyclic amines) is 1. The SMILES string of the molecule is CCCCCCCC/C=C\CCCCCCCC(=O)OC1=CC[C@@]2(O)[C@@H](C)N(C)C3C[C@@]24c2c3ccc(O)c2O[C@@H]14. The van der Waals surface area contributed by atoms with Crippen LogP contribution >= 0.6 is 0 Å². The van der Waals surface area contributed by atoms with Crippen LogP contribution in [0.15, 0.2) is 36.1 Å². The molecule has 1 aromatic carbocycles. The predicted molar refractivity (Wildman–Crippen MR) is 162 cm³/mol. The number of fused-ring (bicyclic) bond motifs is 2. The van der Waals surface area contributed by atoms with Crippen molar-refractivity contribution in [1.82, 2.24) is 4.90 Å². The van der Waals surface area contributed by atoms with E-state index in [0.29, 0.717) is 30.8 Å². The minimum absolute atomic E-state index is 0.0803. The van der Waals surface area contributed by atoms with Gasteiger partial charge in [-0.25, -0.2) is 0 Å². The third-order valence-corrected chi connectivity index (χ3v) is 10.5. The fourth-order valence-electron chi connectivity index (χ4n) is 8.02. The number of phenols is 1. The predicted octanol–water partition coefficient (Wildman–Crippen LogP) is 7.77. The van der Waals surface area contributed by atoms with Gasteiger partial charge in [0.1, 0.15) is 5.76 Å². The molecule has 0 amide bonds. The van der Waals surface area contributed by atoms with Crippen molar-refractivity contribution in [1.29, 1.82) is 0 Å². The van der Waals surface area contributed by atoms with E-state index < -0.39 is 17.1 Å². The van der Waals surface area contributed by atoms with E-state index in [1.165, 1.54) is 57.8 Å². The number of phenolic OH excluding ortho intramolecular Hbond substituents is 1. The number of aliphatic hydroxyl groups is 1. The first-order chi connectivity index (χ1) is 19.8. The zero-order valence-electron chi connectivity index (χ0n) is 25.5. The van der Waals surface area contributed by atoms with Crippen molar-refractivity contribution < 1.29 is 24.5 Å². The summed E-state index contributed by atoms with van der Waals surface area (Å²) >= 11 is 0. The molecule has 1 saturated heterocycles. The Balaban J connectivity index is 1.06. The van der Waals surface area contributed by atoms with Gasteiger partial charge < -0.3 is 19.7 Å². The summed E-state index contributed by atoms with van der Waals surface area (Å²) in [6.45, 7) is 4.32. The second-order valence-electron chi connectivity index (χ2n) is 13.0. The third kappa shape index (κ3) is 5.47. The number of ether oxygens (including phenoxy) is 2. The van der Waals surface area contributed by atoms with Crippen molar-refractivity contribution in [2.45, 2.75) is 146 Å². The molecule has 1 aromatic rings. The van der Waals surface area contributed by atoms with E-state index in [9.17, 15) is 15.0 Å². The normalized spacial score (nSPS) is 29.5. The lowest BCUT2D eigenvalue weighted by atomic mass is 9.56. The largest absolute Gasteiger partial charge is 0.504 e. The highest BCUT2D eigenvalue weighted by atomic mass is 16.6. The Hall–Kier alpha value is -2.31. The molecule has 6 heteroatoms. The first-order valence-electron chi connectivity index (χ1n) is 16.4. The number of benzene rings is 1.